The molecule has 0 amide bonds. The van der Waals surface area contributed by atoms with Crippen molar-refractivity contribution in [1.29, 1.82) is 0 Å². The van der Waals surface area contributed by atoms with E-state index in [1.54, 1.807) is 0 Å². The standard InChI is InChI=1S/C17H36N4S.HI/c1-14(2)21(15(3)4)11-8-10-19-16(18-6)20-13-17(5)9-7-12-22-17;/h14-15H,7-13H2,1-6H3,(H2,18,19,20);1H. The quantitative estimate of drug-likeness (QED) is 0.254. The summed E-state index contributed by atoms with van der Waals surface area (Å²) in [4.78, 5) is 6.87. The van der Waals surface area contributed by atoms with Crippen LogP contribution in [0.3, 0.4) is 0 Å². The molecule has 1 saturated heterocycles. The summed E-state index contributed by atoms with van der Waals surface area (Å²) in [5.41, 5.74) is 0. The zero-order valence-corrected chi connectivity index (χ0v) is 19.0. The topological polar surface area (TPSA) is 39.7 Å². The summed E-state index contributed by atoms with van der Waals surface area (Å²) in [7, 11) is 1.86. The van der Waals surface area contributed by atoms with Crippen molar-refractivity contribution >= 4 is 41.7 Å². The van der Waals surface area contributed by atoms with E-state index in [2.05, 4.69) is 66.9 Å². The third-order valence-corrected chi connectivity index (χ3v) is 5.90. The fraction of sp³-hybridized carbons (Fsp3) is 0.941. The number of aliphatic imine (C=N–C) groups is 1. The molecule has 138 valence electrons. The summed E-state index contributed by atoms with van der Waals surface area (Å²) in [6.07, 6.45) is 3.79. The minimum absolute atomic E-state index is 0. The van der Waals surface area contributed by atoms with E-state index in [-0.39, 0.29) is 24.0 Å². The third kappa shape index (κ3) is 8.82. The highest BCUT2D eigenvalue weighted by Gasteiger charge is 2.29. The predicted molar refractivity (Wildman–Crippen MR) is 116 cm³/mol. The van der Waals surface area contributed by atoms with Crippen molar-refractivity contribution in [3.8, 4) is 0 Å². The molecule has 0 spiro atoms. The van der Waals surface area contributed by atoms with Gasteiger partial charge in [0.2, 0.25) is 0 Å². The minimum atomic E-state index is 0. The van der Waals surface area contributed by atoms with Crippen LogP contribution >= 0.6 is 35.7 Å². The van der Waals surface area contributed by atoms with E-state index in [1.807, 2.05) is 7.05 Å². The van der Waals surface area contributed by atoms with Gasteiger partial charge in [0.1, 0.15) is 0 Å². The smallest absolute Gasteiger partial charge is 0.191 e. The van der Waals surface area contributed by atoms with Gasteiger partial charge in [-0.25, -0.2) is 0 Å². The van der Waals surface area contributed by atoms with Gasteiger partial charge in [0, 0.05) is 43.5 Å². The largest absolute Gasteiger partial charge is 0.356 e. The number of guanidine groups is 1. The van der Waals surface area contributed by atoms with E-state index in [0.717, 1.165) is 32.0 Å². The molecule has 0 saturated carbocycles. The molecule has 0 radical (unpaired) electrons. The van der Waals surface area contributed by atoms with Crippen LogP contribution in [0, 0.1) is 0 Å². The van der Waals surface area contributed by atoms with Crippen LogP contribution in [-0.2, 0) is 0 Å². The molecule has 1 aliphatic rings. The van der Waals surface area contributed by atoms with E-state index in [9.17, 15) is 0 Å². The fourth-order valence-electron chi connectivity index (χ4n) is 3.05. The molecule has 0 aromatic carbocycles. The Morgan fingerprint density at radius 1 is 1.22 bits per heavy atom. The predicted octanol–water partition coefficient (Wildman–Crippen LogP) is 3.56. The molecule has 1 rings (SSSR count). The zero-order chi connectivity index (χ0) is 16.6. The molecular weight excluding hydrogens is 419 g/mol. The van der Waals surface area contributed by atoms with Gasteiger partial charge >= 0.3 is 0 Å². The Morgan fingerprint density at radius 3 is 2.35 bits per heavy atom. The molecule has 6 heteroatoms. The molecule has 1 heterocycles. The van der Waals surface area contributed by atoms with Crippen LogP contribution in [0.25, 0.3) is 0 Å². The van der Waals surface area contributed by atoms with Crippen LogP contribution in [-0.4, -0.2) is 60.1 Å². The van der Waals surface area contributed by atoms with Gasteiger partial charge in [-0.1, -0.05) is 0 Å². The van der Waals surface area contributed by atoms with Gasteiger partial charge in [-0.15, -0.1) is 24.0 Å². The van der Waals surface area contributed by atoms with Crippen LogP contribution < -0.4 is 10.6 Å². The van der Waals surface area contributed by atoms with Gasteiger partial charge in [-0.05, 0) is 59.6 Å². The molecule has 1 atom stereocenters. The van der Waals surface area contributed by atoms with Crippen molar-refractivity contribution in [2.24, 2.45) is 4.99 Å². The van der Waals surface area contributed by atoms with Gasteiger partial charge in [0.05, 0.1) is 0 Å². The van der Waals surface area contributed by atoms with E-state index < -0.39 is 0 Å². The average molecular weight is 456 g/mol. The number of halogens is 1. The van der Waals surface area contributed by atoms with Crippen molar-refractivity contribution in [2.45, 2.75) is 70.7 Å². The lowest BCUT2D eigenvalue weighted by Gasteiger charge is -2.30. The molecule has 0 aromatic heterocycles. The van der Waals surface area contributed by atoms with E-state index >= 15 is 0 Å². The summed E-state index contributed by atoms with van der Waals surface area (Å²) in [5.74, 6) is 2.24. The van der Waals surface area contributed by atoms with Crippen molar-refractivity contribution in [1.82, 2.24) is 15.5 Å². The number of hydrogen-bond donors (Lipinski definition) is 2. The lowest BCUT2D eigenvalue weighted by molar-refractivity contribution is 0.173. The molecule has 0 aliphatic carbocycles. The van der Waals surface area contributed by atoms with E-state index in [0.29, 0.717) is 16.8 Å². The Morgan fingerprint density at radius 2 is 1.87 bits per heavy atom. The molecule has 23 heavy (non-hydrogen) atoms. The molecule has 4 nitrogen and oxygen atoms in total. The Bertz CT molecular complexity index is 333. The van der Waals surface area contributed by atoms with Crippen LogP contribution in [0.1, 0.15) is 53.9 Å². The normalized spacial score (nSPS) is 21.9. The first kappa shape index (κ1) is 23.3. The maximum absolute atomic E-state index is 4.34. The van der Waals surface area contributed by atoms with E-state index in [1.165, 1.54) is 18.6 Å². The number of nitrogens with zero attached hydrogens (tertiary/aromatic N) is 2. The summed E-state index contributed by atoms with van der Waals surface area (Å²) >= 11 is 2.08. The highest BCUT2D eigenvalue weighted by molar-refractivity contribution is 14.0. The van der Waals surface area contributed by atoms with Crippen molar-refractivity contribution in [3.05, 3.63) is 0 Å². The van der Waals surface area contributed by atoms with Crippen LogP contribution in [0.4, 0.5) is 0 Å². The van der Waals surface area contributed by atoms with Crippen molar-refractivity contribution < 1.29 is 0 Å². The molecular formula is C17H37IN4S. The minimum Gasteiger partial charge on any atom is -0.356 e. The Kier molecular flexibility index (Phi) is 12.0. The first-order valence-corrected chi connectivity index (χ1v) is 9.71. The van der Waals surface area contributed by atoms with Crippen LogP contribution in [0.15, 0.2) is 4.99 Å². The Hall–Kier alpha value is 0.310. The third-order valence-electron chi connectivity index (χ3n) is 4.37. The second-order valence-corrected chi connectivity index (χ2v) is 8.72. The Balaban J connectivity index is 0.00000484. The molecule has 1 fully saturated rings. The van der Waals surface area contributed by atoms with Crippen LogP contribution in [0.5, 0.6) is 0 Å². The number of thioether (sulfide) groups is 1. The van der Waals surface area contributed by atoms with Gasteiger partial charge in [-0.3, -0.25) is 9.89 Å². The second kappa shape index (κ2) is 11.8. The van der Waals surface area contributed by atoms with Gasteiger partial charge in [0.15, 0.2) is 5.96 Å². The number of nitrogens with one attached hydrogen (secondary N) is 2. The van der Waals surface area contributed by atoms with Gasteiger partial charge < -0.3 is 10.6 Å². The van der Waals surface area contributed by atoms with Crippen molar-refractivity contribution in [3.63, 3.8) is 0 Å². The molecule has 2 N–H and O–H groups in total. The fourth-order valence-corrected chi connectivity index (χ4v) is 4.29. The summed E-state index contributed by atoms with van der Waals surface area (Å²) in [6, 6.07) is 1.22. The highest BCUT2D eigenvalue weighted by Crippen LogP contribution is 2.36. The summed E-state index contributed by atoms with van der Waals surface area (Å²) in [5, 5.41) is 6.94. The van der Waals surface area contributed by atoms with Crippen LogP contribution in [0.2, 0.25) is 0 Å². The van der Waals surface area contributed by atoms with Gasteiger partial charge in [-0.2, -0.15) is 11.8 Å². The molecule has 1 aliphatic heterocycles. The molecule has 1 unspecified atom stereocenters. The molecule has 0 aromatic rings. The molecule has 0 bridgehead atoms. The van der Waals surface area contributed by atoms with Gasteiger partial charge in [0.25, 0.3) is 0 Å². The Labute approximate surface area is 165 Å². The SMILES string of the molecule is CN=C(NCCCN(C(C)C)C(C)C)NCC1(C)CCCS1.I. The number of rotatable bonds is 8. The highest BCUT2D eigenvalue weighted by atomic mass is 127. The lowest BCUT2D eigenvalue weighted by Crippen LogP contribution is -2.44. The van der Waals surface area contributed by atoms with Crippen molar-refractivity contribution in [2.75, 3.05) is 32.4 Å². The summed E-state index contributed by atoms with van der Waals surface area (Å²) in [6.45, 7) is 14.5. The zero-order valence-electron chi connectivity index (χ0n) is 15.8. The lowest BCUT2D eigenvalue weighted by atomic mass is 10.1. The monoisotopic (exact) mass is 456 g/mol. The first-order chi connectivity index (χ1) is 10.4. The second-order valence-electron chi connectivity index (χ2n) is 7.03. The average Bonchev–Trinajstić information content (AvgIpc) is 2.88. The van der Waals surface area contributed by atoms with E-state index in [4.69, 9.17) is 0 Å². The maximum atomic E-state index is 4.34. The maximum Gasteiger partial charge on any atom is 0.191 e. The first-order valence-electron chi connectivity index (χ1n) is 8.72. The summed E-state index contributed by atoms with van der Waals surface area (Å²) < 4.78 is 0.379. The number of hydrogen-bond acceptors (Lipinski definition) is 3.